The zero-order valence-electron chi connectivity index (χ0n) is 9.96. The third kappa shape index (κ3) is 2.39. The first-order valence-electron chi connectivity index (χ1n) is 5.59. The predicted octanol–water partition coefficient (Wildman–Crippen LogP) is 1.38. The first-order valence-corrected chi connectivity index (χ1v) is 7.14. The molecule has 0 saturated carbocycles. The van der Waals surface area contributed by atoms with E-state index >= 15 is 0 Å². The summed E-state index contributed by atoms with van der Waals surface area (Å²) in [6.45, 7) is 0.476. The van der Waals surface area contributed by atoms with Crippen molar-refractivity contribution in [3.63, 3.8) is 0 Å². The van der Waals surface area contributed by atoms with E-state index in [4.69, 9.17) is 4.74 Å². The molecule has 98 valence electrons. The number of carbonyl (C=O) groups excluding carboxylic acids is 1. The van der Waals surface area contributed by atoms with Gasteiger partial charge in [-0.1, -0.05) is 0 Å². The fourth-order valence-electron chi connectivity index (χ4n) is 1.84. The number of hydrogen-bond donors (Lipinski definition) is 0. The molecule has 0 N–H and O–H groups in total. The van der Waals surface area contributed by atoms with Gasteiger partial charge in [0, 0.05) is 6.61 Å². The molecule has 1 aliphatic heterocycles. The Labute approximate surface area is 106 Å². The van der Waals surface area contributed by atoms with Crippen LogP contribution in [0.15, 0.2) is 29.2 Å². The molecule has 1 aromatic rings. The lowest BCUT2D eigenvalue weighted by Gasteiger charge is -2.11. The van der Waals surface area contributed by atoms with Gasteiger partial charge in [0.25, 0.3) is 0 Å². The summed E-state index contributed by atoms with van der Waals surface area (Å²) in [5, 5.41) is 0. The molecule has 0 spiro atoms. The Morgan fingerprint density at radius 3 is 2.50 bits per heavy atom. The van der Waals surface area contributed by atoms with E-state index in [1.54, 1.807) is 0 Å². The molecule has 5 nitrogen and oxygen atoms in total. The van der Waals surface area contributed by atoms with Gasteiger partial charge in [0.15, 0.2) is 5.44 Å². The minimum absolute atomic E-state index is 0.169. The number of rotatable bonds is 3. The Morgan fingerprint density at radius 2 is 2.00 bits per heavy atom. The van der Waals surface area contributed by atoms with Gasteiger partial charge in [-0.2, -0.15) is 0 Å². The van der Waals surface area contributed by atoms with Gasteiger partial charge >= 0.3 is 5.97 Å². The largest absolute Gasteiger partial charge is 0.465 e. The van der Waals surface area contributed by atoms with Crippen molar-refractivity contribution in [3.8, 4) is 0 Å². The number of methoxy groups -OCH3 is 1. The van der Waals surface area contributed by atoms with Crippen LogP contribution in [0.3, 0.4) is 0 Å². The molecule has 1 heterocycles. The van der Waals surface area contributed by atoms with E-state index in [0.717, 1.165) is 6.42 Å². The second-order valence-corrected chi connectivity index (χ2v) is 6.09. The Hall–Kier alpha value is -1.40. The number of esters is 1. The van der Waals surface area contributed by atoms with E-state index in [2.05, 4.69) is 4.74 Å². The SMILES string of the molecule is COC(=O)c1ccc(S(=O)(=O)C2CCCO2)cc1. The molecule has 1 aromatic carbocycles. The molecule has 1 atom stereocenters. The molecule has 1 fully saturated rings. The summed E-state index contributed by atoms with van der Waals surface area (Å²) in [5.74, 6) is -0.490. The summed E-state index contributed by atoms with van der Waals surface area (Å²) in [6, 6.07) is 5.69. The highest BCUT2D eigenvalue weighted by Crippen LogP contribution is 2.25. The van der Waals surface area contributed by atoms with Crippen molar-refractivity contribution in [2.75, 3.05) is 13.7 Å². The van der Waals surface area contributed by atoms with Gasteiger partial charge in [0.2, 0.25) is 9.84 Å². The zero-order chi connectivity index (χ0) is 13.2. The summed E-state index contributed by atoms with van der Waals surface area (Å²) in [4.78, 5) is 11.4. The lowest BCUT2D eigenvalue weighted by molar-refractivity contribution is 0.0600. The van der Waals surface area contributed by atoms with E-state index in [9.17, 15) is 13.2 Å². The van der Waals surface area contributed by atoms with Crippen molar-refractivity contribution in [3.05, 3.63) is 29.8 Å². The minimum atomic E-state index is -3.46. The van der Waals surface area contributed by atoms with E-state index in [0.29, 0.717) is 18.6 Å². The maximum atomic E-state index is 12.1. The van der Waals surface area contributed by atoms with Crippen LogP contribution in [-0.2, 0) is 19.3 Å². The molecule has 1 unspecified atom stereocenters. The maximum Gasteiger partial charge on any atom is 0.337 e. The number of benzene rings is 1. The summed E-state index contributed by atoms with van der Waals surface area (Å²) in [7, 11) is -2.19. The molecule has 6 heteroatoms. The number of carbonyl (C=O) groups is 1. The third-order valence-electron chi connectivity index (χ3n) is 2.84. The Morgan fingerprint density at radius 1 is 1.33 bits per heavy atom. The van der Waals surface area contributed by atoms with E-state index in [-0.39, 0.29) is 4.90 Å². The molecule has 0 aromatic heterocycles. The lowest BCUT2D eigenvalue weighted by atomic mass is 10.2. The molecule has 0 amide bonds. The minimum Gasteiger partial charge on any atom is -0.465 e. The highest BCUT2D eigenvalue weighted by molar-refractivity contribution is 7.92. The predicted molar refractivity (Wildman–Crippen MR) is 63.9 cm³/mol. The van der Waals surface area contributed by atoms with Gasteiger partial charge < -0.3 is 9.47 Å². The molecule has 0 radical (unpaired) electrons. The van der Waals surface area contributed by atoms with Crippen molar-refractivity contribution >= 4 is 15.8 Å². The van der Waals surface area contributed by atoms with Crippen LogP contribution in [0.25, 0.3) is 0 Å². The summed E-state index contributed by atoms with van der Waals surface area (Å²) >= 11 is 0. The fourth-order valence-corrected chi connectivity index (χ4v) is 3.41. The molecular weight excluding hydrogens is 256 g/mol. The van der Waals surface area contributed by atoms with Crippen LogP contribution in [0.2, 0.25) is 0 Å². The van der Waals surface area contributed by atoms with Crippen molar-refractivity contribution in [2.45, 2.75) is 23.2 Å². The van der Waals surface area contributed by atoms with Gasteiger partial charge in [-0.3, -0.25) is 0 Å². The van der Waals surface area contributed by atoms with E-state index in [1.807, 2.05) is 0 Å². The van der Waals surface area contributed by atoms with Crippen molar-refractivity contribution in [1.29, 1.82) is 0 Å². The molecule has 1 saturated heterocycles. The van der Waals surface area contributed by atoms with Crippen LogP contribution in [-0.4, -0.2) is 33.5 Å². The van der Waals surface area contributed by atoms with Crippen LogP contribution in [0, 0.1) is 0 Å². The molecule has 1 aliphatic rings. The van der Waals surface area contributed by atoms with E-state index < -0.39 is 21.2 Å². The topological polar surface area (TPSA) is 69.7 Å². The van der Waals surface area contributed by atoms with Gasteiger partial charge in [0.05, 0.1) is 17.6 Å². The number of sulfone groups is 1. The molecule has 2 rings (SSSR count). The molecular formula is C12H14O5S. The van der Waals surface area contributed by atoms with Gasteiger partial charge in [-0.05, 0) is 37.1 Å². The second-order valence-electron chi connectivity index (χ2n) is 4.00. The third-order valence-corrected chi connectivity index (χ3v) is 4.83. The highest BCUT2D eigenvalue weighted by atomic mass is 32.2. The quantitative estimate of drug-likeness (QED) is 0.776. The second kappa shape index (κ2) is 5.07. The summed E-state index contributed by atoms with van der Waals surface area (Å²) in [6.07, 6.45) is 1.27. The Balaban J connectivity index is 2.26. The normalized spacial score (nSPS) is 19.7. The fraction of sp³-hybridized carbons (Fsp3) is 0.417. The highest BCUT2D eigenvalue weighted by Gasteiger charge is 2.31. The van der Waals surface area contributed by atoms with Crippen molar-refractivity contribution in [2.24, 2.45) is 0 Å². The maximum absolute atomic E-state index is 12.1. The Bertz CT molecular complexity index is 526. The average Bonchev–Trinajstić information content (AvgIpc) is 2.92. The van der Waals surface area contributed by atoms with Crippen LogP contribution < -0.4 is 0 Å². The van der Waals surface area contributed by atoms with Gasteiger partial charge in [0.1, 0.15) is 0 Å². The first kappa shape index (κ1) is 13.0. The first-order chi connectivity index (χ1) is 8.55. The van der Waals surface area contributed by atoms with Crippen LogP contribution in [0.5, 0.6) is 0 Å². The summed E-state index contributed by atoms with van der Waals surface area (Å²) in [5.41, 5.74) is -0.440. The van der Waals surface area contributed by atoms with Crippen LogP contribution >= 0.6 is 0 Å². The van der Waals surface area contributed by atoms with Gasteiger partial charge in [-0.25, -0.2) is 13.2 Å². The number of hydrogen-bond acceptors (Lipinski definition) is 5. The monoisotopic (exact) mass is 270 g/mol. The average molecular weight is 270 g/mol. The van der Waals surface area contributed by atoms with Gasteiger partial charge in [-0.15, -0.1) is 0 Å². The zero-order valence-corrected chi connectivity index (χ0v) is 10.8. The van der Waals surface area contributed by atoms with Crippen LogP contribution in [0.1, 0.15) is 23.2 Å². The lowest BCUT2D eigenvalue weighted by Crippen LogP contribution is -2.20. The number of ether oxygens (including phenoxy) is 2. The molecule has 0 aliphatic carbocycles. The van der Waals surface area contributed by atoms with Crippen molar-refractivity contribution < 1.29 is 22.7 Å². The van der Waals surface area contributed by atoms with Crippen molar-refractivity contribution in [1.82, 2.24) is 0 Å². The summed E-state index contributed by atoms with van der Waals surface area (Å²) < 4.78 is 34.0. The molecule has 0 bridgehead atoms. The van der Waals surface area contributed by atoms with Crippen LogP contribution in [0.4, 0.5) is 0 Å². The Kier molecular flexibility index (Phi) is 3.68. The smallest absolute Gasteiger partial charge is 0.337 e. The standard InChI is InChI=1S/C12H14O5S/c1-16-12(13)9-4-6-10(7-5-9)18(14,15)11-3-2-8-17-11/h4-7,11H,2-3,8H2,1H3. The van der Waals surface area contributed by atoms with E-state index in [1.165, 1.54) is 31.4 Å². The molecule has 18 heavy (non-hydrogen) atoms.